The van der Waals surface area contributed by atoms with Crippen LogP contribution in [0, 0.1) is 19.8 Å². The molecule has 146 valence electrons. The van der Waals surface area contributed by atoms with Gasteiger partial charge in [0, 0.05) is 37.8 Å². The summed E-state index contributed by atoms with van der Waals surface area (Å²) in [5, 5.41) is 5.66. The van der Waals surface area contributed by atoms with Crippen LogP contribution in [-0.4, -0.2) is 29.2 Å². The van der Waals surface area contributed by atoms with Crippen LogP contribution in [0.25, 0.3) is 0 Å². The van der Waals surface area contributed by atoms with Crippen molar-refractivity contribution in [1.29, 1.82) is 0 Å². The van der Waals surface area contributed by atoms with Crippen molar-refractivity contribution in [3.05, 3.63) is 59.2 Å². The highest BCUT2D eigenvalue weighted by Gasteiger charge is 2.34. The summed E-state index contributed by atoms with van der Waals surface area (Å²) in [6.07, 6.45) is 0.210. The summed E-state index contributed by atoms with van der Waals surface area (Å²) in [5.74, 6) is -0.742. The fourth-order valence-electron chi connectivity index (χ4n) is 3.35. The lowest BCUT2D eigenvalue weighted by atomic mass is 10.1. The lowest BCUT2D eigenvalue weighted by Gasteiger charge is -2.17. The molecule has 2 aromatic carbocycles. The molecule has 1 aliphatic heterocycles. The van der Waals surface area contributed by atoms with E-state index in [4.69, 9.17) is 0 Å². The van der Waals surface area contributed by atoms with Crippen LogP contribution in [0.2, 0.25) is 0 Å². The van der Waals surface area contributed by atoms with Gasteiger partial charge >= 0.3 is 0 Å². The summed E-state index contributed by atoms with van der Waals surface area (Å²) < 4.78 is 0. The second-order valence-electron chi connectivity index (χ2n) is 7.31. The van der Waals surface area contributed by atoms with Crippen molar-refractivity contribution >= 4 is 29.1 Å². The average molecular weight is 379 g/mol. The van der Waals surface area contributed by atoms with E-state index in [1.165, 1.54) is 12.5 Å². The van der Waals surface area contributed by atoms with E-state index < -0.39 is 0 Å². The van der Waals surface area contributed by atoms with Crippen molar-refractivity contribution in [2.75, 3.05) is 17.2 Å². The van der Waals surface area contributed by atoms with Gasteiger partial charge in [-0.1, -0.05) is 35.9 Å². The number of aryl methyl sites for hydroxylation is 1. The Hall–Kier alpha value is -3.15. The smallest absolute Gasteiger partial charge is 0.229 e. The minimum absolute atomic E-state index is 0.00977. The van der Waals surface area contributed by atoms with E-state index in [1.807, 2.05) is 38.1 Å². The van der Waals surface area contributed by atoms with Gasteiger partial charge in [-0.15, -0.1) is 0 Å². The van der Waals surface area contributed by atoms with Crippen molar-refractivity contribution in [1.82, 2.24) is 4.90 Å². The Bertz CT molecular complexity index is 906. The maximum Gasteiger partial charge on any atom is 0.229 e. The van der Waals surface area contributed by atoms with E-state index >= 15 is 0 Å². The van der Waals surface area contributed by atoms with Crippen LogP contribution in [0.5, 0.6) is 0 Å². The highest BCUT2D eigenvalue weighted by atomic mass is 16.2. The zero-order valence-corrected chi connectivity index (χ0v) is 16.4. The van der Waals surface area contributed by atoms with Crippen LogP contribution >= 0.6 is 0 Å². The Labute approximate surface area is 164 Å². The number of nitrogens with one attached hydrogen (secondary N) is 2. The zero-order chi connectivity index (χ0) is 20.3. The van der Waals surface area contributed by atoms with E-state index in [1.54, 1.807) is 23.1 Å². The Kier molecular flexibility index (Phi) is 5.78. The number of likely N-dealkylation sites (tertiary alicyclic amines) is 1. The van der Waals surface area contributed by atoms with E-state index in [9.17, 15) is 14.4 Å². The monoisotopic (exact) mass is 379 g/mol. The van der Waals surface area contributed by atoms with Gasteiger partial charge in [-0.2, -0.15) is 0 Å². The molecular formula is C22H25N3O3. The molecule has 1 fully saturated rings. The molecule has 28 heavy (non-hydrogen) atoms. The Morgan fingerprint density at radius 3 is 2.32 bits per heavy atom. The third kappa shape index (κ3) is 4.57. The molecule has 1 heterocycles. The van der Waals surface area contributed by atoms with Gasteiger partial charge in [0.1, 0.15) is 0 Å². The molecule has 1 unspecified atom stereocenters. The minimum Gasteiger partial charge on any atom is -0.338 e. The number of rotatable bonds is 5. The average Bonchev–Trinajstić information content (AvgIpc) is 3.01. The first-order valence-corrected chi connectivity index (χ1v) is 9.35. The number of anilines is 2. The number of hydrogen-bond donors (Lipinski definition) is 2. The SMILES string of the molecule is CC(=O)Nc1cccc(NC(=O)C2CC(=O)N(Cc3ccc(C)cc3)C2)c1C. The molecule has 0 saturated carbocycles. The lowest BCUT2D eigenvalue weighted by molar-refractivity contribution is -0.128. The maximum absolute atomic E-state index is 12.7. The molecule has 3 amide bonds. The molecule has 0 bridgehead atoms. The largest absolute Gasteiger partial charge is 0.338 e. The third-order valence-corrected chi connectivity index (χ3v) is 4.98. The van der Waals surface area contributed by atoms with E-state index in [0.29, 0.717) is 24.5 Å². The normalized spacial score (nSPS) is 16.2. The molecule has 1 aliphatic rings. The van der Waals surface area contributed by atoms with Gasteiger partial charge in [-0.05, 0) is 37.1 Å². The molecule has 1 atom stereocenters. The van der Waals surface area contributed by atoms with E-state index in [0.717, 1.165) is 11.1 Å². The molecule has 2 aromatic rings. The molecule has 6 nitrogen and oxygen atoms in total. The molecule has 3 rings (SSSR count). The number of nitrogens with zero attached hydrogens (tertiary/aromatic N) is 1. The fraction of sp³-hybridized carbons (Fsp3) is 0.318. The summed E-state index contributed by atoms with van der Waals surface area (Å²) in [6.45, 7) is 6.22. The molecule has 1 saturated heterocycles. The topological polar surface area (TPSA) is 78.5 Å². The van der Waals surface area contributed by atoms with Gasteiger partial charge in [0.25, 0.3) is 0 Å². The van der Waals surface area contributed by atoms with Crippen LogP contribution in [0.4, 0.5) is 11.4 Å². The highest BCUT2D eigenvalue weighted by Crippen LogP contribution is 2.26. The number of amides is 3. The number of hydrogen-bond acceptors (Lipinski definition) is 3. The Balaban J connectivity index is 1.65. The zero-order valence-electron chi connectivity index (χ0n) is 16.4. The molecular weight excluding hydrogens is 354 g/mol. The van der Waals surface area contributed by atoms with Crippen LogP contribution < -0.4 is 10.6 Å². The van der Waals surface area contributed by atoms with Crippen molar-refractivity contribution in [2.24, 2.45) is 5.92 Å². The van der Waals surface area contributed by atoms with Gasteiger partial charge in [-0.25, -0.2) is 0 Å². The van der Waals surface area contributed by atoms with Crippen molar-refractivity contribution < 1.29 is 14.4 Å². The van der Waals surface area contributed by atoms with Crippen LogP contribution in [0.1, 0.15) is 30.0 Å². The second-order valence-corrected chi connectivity index (χ2v) is 7.31. The van der Waals surface area contributed by atoms with E-state index in [-0.39, 0.29) is 30.1 Å². The molecule has 0 aromatic heterocycles. The molecule has 0 spiro atoms. The van der Waals surface area contributed by atoms with Gasteiger partial charge in [0.2, 0.25) is 17.7 Å². The van der Waals surface area contributed by atoms with Crippen molar-refractivity contribution in [3.63, 3.8) is 0 Å². The van der Waals surface area contributed by atoms with Gasteiger partial charge in [0.05, 0.1) is 5.92 Å². The first kappa shape index (κ1) is 19.6. The Morgan fingerprint density at radius 1 is 1.04 bits per heavy atom. The molecule has 6 heteroatoms. The second kappa shape index (κ2) is 8.25. The van der Waals surface area contributed by atoms with Gasteiger partial charge in [-0.3, -0.25) is 14.4 Å². The molecule has 2 N–H and O–H groups in total. The van der Waals surface area contributed by atoms with Crippen molar-refractivity contribution in [3.8, 4) is 0 Å². The molecule has 0 aliphatic carbocycles. The number of carbonyl (C=O) groups excluding carboxylic acids is 3. The first-order valence-electron chi connectivity index (χ1n) is 9.35. The first-order chi connectivity index (χ1) is 13.3. The quantitative estimate of drug-likeness (QED) is 0.837. The maximum atomic E-state index is 12.7. The van der Waals surface area contributed by atoms with Gasteiger partial charge < -0.3 is 15.5 Å². The van der Waals surface area contributed by atoms with Crippen LogP contribution in [-0.2, 0) is 20.9 Å². The minimum atomic E-state index is -0.387. The van der Waals surface area contributed by atoms with Gasteiger partial charge in [0.15, 0.2) is 0 Å². The summed E-state index contributed by atoms with van der Waals surface area (Å²) in [6, 6.07) is 13.4. The summed E-state index contributed by atoms with van der Waals surface area (Å²) in [5.41, 5.74) is 4.31. The molecule has 0 radical (unpaired) electrons. The summed E-state index contributed by atoms with van der Waals surface area (Å²) >= 11 is 0. The highest BCUT2D eigenvalue weighted by molar-refractivity contribution is 5.99. The predicted molar refractivity (Wildman–Crippen MR) is 109 cm³/mol. The third-order valence-electron chi connectivity index (χ3n) is 4.98. The van der Waals surface area contributed by atoms with Crippen LogP contribution in [0.15, 0.2) is 42.5 Å². The number of benzene rings is 2. The number of carbonyl (C=O) groups is 3. The van der Waals surface area contributed by atoms with E-state index in [2.05, 4.69) is 10.6 Å². The predicted octanol–water partition coefficient (Wildman–Crippen LogP) is 3.25. The van der Waals surface area contributed by atoms with Crippen LogP contribution in [0.3, 0.4) is 0 Å². The van der Waals surface area contributed by atoms with Crippen molar-refractivity contribution in [2.45, 2.75) is 33.7 Å². The summed E-state index contributed by atoms with van der Waals surface area (Å²) in [7, 11) is 0. The Morgan fingerprint density at radius 2 is 1.68 bits per heavy atom. The standard InChI is InChI=1S/C22H25N3O3/c1-14-7-9-17(10-8-14)12-25-13-18(11-21(25)27)22(28)24-20-6-4-5-19(15(20)2)23-16(3)26/h4-10,18H,11-13H2,1-3H3,(H,23,26)(H,24,28). The fourth-order valence-corrected chi connectivity index (χ4v) is 3.35. The lowest BCUT2D eigenvalue weighted by Crippen LogP contribution is -2.28. The summed E-state index contributed by atoms with van der Waals surface area (Å²) in [4.78, 5) is 38.1.